The Labute approximate surface area is 93.2 Å². The van der Waals surface area contributed by atoms with Crippen molar-refractivity contribution >= 4 is 5.91 Å². The summed E-state index contributed by atoms with van der Waals surface area (Å²) in [5.74, 6) is 0.429. The first-order chi connectivity index (χ1) is 6.99. The molecule has 0 rings (SSSR count). The van der Waals surface area contributed by atoms with Crippen LogP contribution in [0.4, 0.5) is 0 Å². The zero-order valence-corrected chi connectivity index (χ0v) is 10.4. The molecule has 0 spiro atoms. The molecule has 4 nitrogen and oxygen atoms in total. The van der Waals surface area contributed by atoms with E-state index in [0.717, 1.165) is 13.0 Å². The van der Waals surface area contributed by atoms with E-state index in [1.165, 1.54) is 0 Å². The van der Waals surface area contributed by atoms with Crippen LogP contribution in [0.5, 0.6) is 0 Å². The molecule has 2 unspecified atom stereocenters. The van der Waals surface area contributed by atoms with Gasteiger partial charge >= 0.3 is 0 Å². The molecular formula is C11H25N3O. The summed E-state index contributed by atoms with van der Waals surface area (Å²) in [5, 5.41) is 2.97. The van der Waals surface area contributed by atoms with E-state index in [2.05, 4.69) is 17.1 Å². The van der Waals surface area contributed by atoms with Gasteiger partial charge in [0.1, 0.15) is 0 Å². The molecule has 0 aromatic rings. The highest BCUT2D eigenvalue weighted by atomic mass is 16.1. The number of hydrogen-bond acceptors (Lipinski definition) is 3. The fourth-order valence-corrected chi connectivity index (χ4v) is 1.58. The largest absolute Gasteiger partial charge is 0.352 e. The fourth-order valence-electron chi connectivity index (χ4n) is 1.58. The lowest BCUT2D eigenvalue weighted by Crippen LogP contribution is -2.40. The summed E-state index contributed by atoms with van der Waals surface area (Å²) in [5.41, 5.74) is 5.55. The molecule has 0 saturated carbocycles. The Hall–Kier alpha value is -0.610. The zero-order valence-electron chi connectivity index (χ0n) is 10.4. The van der Waals surface area contributed by atoms with Crippen molar-refractivity contribution in [2.24, 2.45) is 11.7 Å². The summed E-state index contributed by atoms with van der Waals surface area (Å²) in [6, 6.07) is 0.197. The Morgan fingerprint density at radius 2 is 2.07 bits per heavy atom. The monoisotopic (exact) mass is 215 g/mol. The van der Waals surface area contributed by atoms with Crippen LogP contribution in [0, 0.1) is 5.92 Å². The molecule has 0 aromatic carbocycles. The maximum atomic E-state index is 11.6. The van der Waals surface area contributed by atoms with Gasteiger partial charge in [0.05, 0.1) is 0 Å². The third kappa shape index (κ3) is 7.33. The molecule has 15 heavy (non-hydrogen) atoms. The lowest BCUT2D eigenvalue weighted by atomic mass is 10.0. The van der Waals surface area contributed by atoms with Crippen molar-refractivity contribution in [3.05, 3.63) is 0 Å². The van der Waals surface area contributed by atoms with Crippen molar-refractivity contribution < 1.29 is 4.79 Å². The van der Waals surface area contributed by atoms with Crippen LogP contribution in [0.15, 0.2) is 0 Å². The number of carbonyl (C=O) groups excluding carboxylic acids is 1. The van der Waals surface area contributed by atoms with E-state index in [1.807, 2.05) is 21.0 Å². The first-order valence-electron chi connectivity index (χ1n) is 5.63. The molecule has 0 fully saturated rings. The molecule has 0 bridgehead atoms. The lowest BCUT2D eigenvalue weighted by molar-refractivity contribution is -0.122. The van der Waals surface area contributed by atoms with Crippen LogP contribution in [-0.4, -0.2) is 44.0 Å². The summed E-state index contributed by atoms with van der Waals surface area (Å²) < 4.78 is 0. The molecule has 0 aromatic heterocycles. The van der Waals surface area contributed by atoms with Gasteiger partial charge in [0.15, 0.2) is 0 Å². The third-order valence-electron chi connectivity index (χ3n) is 2.43. The van der Waals surface area contributed by atoms with Gasteiger partial charge in [-0.15, -0.1) is 0 Å². The van der Waals surface area contributed by atoms with Gasteiger partial charge in [-0.25, -0.2) is 0 Å². The second-order valence-electron chi connectivity index (χ2n) is 4.44. The van der Waals surface area contributed by atoms with Crippen LogP contribution in [0.2, 0.25) is 0 Å². The van der Waals surface area contributed by atoms with Crippen LogP contribution in [0.1, 0.15) is 26.7 Å². The minimum Gasteiger partial charge on any atom is -0.352 e. The SMILES string of the molecule is CCC(CN)CC(=O)NC(C)CN(C)C. The molecular weight excluding hydrogens is 190 g/mol. The second-order valence-corrected chi connectivity index (χ2v) is 4.44. The van der Waals surface area contributed by atoms with E-state index in [9.17, 15) is 4.79 Å². The minimum atomic E-state index is 0.113. The Morgan fingerprint density at radius 1 is 1.47 bits per heavy atom. The normalized spacial score (nSPS) is 15.1. The predicted molar refractivity (Wildman–Crippen MR) is 63.6 cm³/mol. The summed E-state index contributed by atoms with van der Waals surface area (Å²) in [4.78, 5) is 13.6. The number of hydrogen-bond donors (Lipinski definition) is 2. The summed E-state index contributed by atoms with van der Waals surface area (Å²) >= 11 is 0. The van der Waals surface area contributed by atoms with Gasteiger partial charge in [-0.1, -0.05) is 13.3 Å². The highest BCUT2D eigenvalue weighted by Gasteiger charge is 2.12. The number of nitrogens with two attached hydrogens (primary N) is 1. The smallest absolute Gasteiger partial charge is 0.220 e. The van der Waals surface area contributed by atoms with Gasteiger partial charge in [-0.2, -0.15) is 0 Å². The molecule has 0 heterocycles. The van der Waals surface area contributed by atoms with Crippen molar-refractivity contribution in [3.8, 4) is 0 Å². The predicted octanol–water partition coefficient (Wildman–Crippen LogP) is 0.428. The maximum absolute atomic E-state index is 11.6. The molecule has 90 valence electrons. The van der Waals surface area contributed by atoms with E-state index in [1.54, 1.807) is 0 Å². The standard InChI is InChI=1S/C11H25N3O/c1-5-10(7-12)6-11(15)13-9(2)8-14(3)4/h9-10H,5-8,12H2,1-4H3,(H,13,15). The quantitative estimate of drug-likeness (QED) is 0.647. The van der Waals surface area contributed by atoms with Crippen LogP contribution in [0.25, 0.3) is 0 Å². The van der Waals surface area contributed by atoms with Crippen LogP contribution < -0.4 is 11.1 Å². The number of nitrogens with zero attached hydrogens (tertiary/aromatic N) is 1. The number of likely N-dealkylation sites (N-methyl/N-ethyl adjacent to an activating group) is 1. The van der Waals surface area contributed by atoms with Gasteiger partial charge in [-0.05, 0) is 33.5 Å². The average Bonchev–Trinajstić information content (AvgIpc) is 2.12. The van der Waals surface area contributed by atoms with Gasteiger partial charge in [0, 0.05) is 19.0 Å². The molecule has 0 aliphatic rings. The lowest BCUT2D eigenvalue weighted by Gasteiger charge is -2.19. The number of rotatable bonds is 7. The van der Waals surface area contributed by atoms with Crippen LogP contribution in [0.3, 0.4) is 0 Å². The van der Waals surface area contributed by atoms with Crippen molar-refractivity contribution in [3.63, 3.8) is 0 Å². The van der Waals surface area contributed by atoms with Gasteiger partial charge in [-0.3, -0.25) is 4.79 Å². The Balaban J connectivity index is 3.81. The minimum absolute atomic E-state index is 0.113. The van der Waals surface area contributed by atoms with Gasteiger partial charge in [0.2, 0.25) is 5.91 Å². The fraction of sp³-hybridized carbons (Fsp3) is 0.909. The van der Waals surface area contributed by atoms with E-state index < -0.39 is 0 Å². The summed E-state index contributed by atoms with van der Waals surface area (Å²) in [7, 11) is 3.99. The van der Waals surface area contributed by atoms with Crippen molar-refractivity contribution in [1.82, 2.24) is 10.2 Å². The molecule has 0 radical (unpaired) electrons. The molecule has 0 aliphatic carbocycles. The first-order valence-corrected chi connectivity index (χ1v) is 5.63. The van der Waals surface area contributed by atoms with E-state index in [-0.39, 0.29) is 11.9 Å². The van der Waals surface area contributed by atoms with Crippen molar-refractivity contribution in [2.45, 2.75) is 32.7 Å². The third-order valence-corrected chi connectivity index (χ3v) is 2.43. The molecule has 1 amide bonds. The van der Waals surface area contributed by atoms with Crippen molar-refractivity contribution in [2.75, 3.05) is 27.2 Å². The van der Waals surface area contributed by atoms with E-state index in [0.29, 0.717) is 18.9 Å². The molecule has 0 aliphatic heterocycles. The molecule has 3 N–H and O–H groups in total. The highest BCUT2D eigenvalue weighted by molar-refractivity contribution is 5.76. The highest BCUT2D eigenvalue weighted by Crippen LogP contribution is 2.05. The van der Waals surface area contributed by atoms with E-state index in [4.69, 9.17) is 5.73 Å². The van der Waals surface area contributed by atoms with Crippen molar-refractivity contribution in [1.29, 1.82) is 0 Å². The first kappa shape index (κ1) is 14.4. The summed E-state index contributed by atoms with van der Waals surface area (Å²) in [6.45, 7) is 5.53. The molecule has 0 saturated heterocycles. The van der Waals surface area contributed by atoms with Gasteiger partial charge < -0.3 is 16.0 Å². The Morgan fingerprint density at radius 3 is 2.47 bits per heavy atom. The number of carbonyl (C=O) groups is 1. The Kier molecular flexibility index (Phi) is 7.34. The van der Waals surface area contributed by atoms with E-state index >= 15 is 0 Å². The van der Waals surface area contributed by atoms with Crippen LogP contribution >= 0.6 is 0 Å². The number of nitrogens with one attached hydrogen (secondary N) is 1. The topological polar surface area (TPSA) is 58.4 Å². The summed E-state index contributed by atoms with van der Waals surface area (Å²) in [6.07, 6.45) is 1.51. The van der Waals surface area contributed by atoms with Crippen LogP contribution in [-0.2, 0) is 4.79 Å². The molecule has 4 heteroatoms. The zero-order chi connectivity index (χ0) is 11.8. The second kappa shape index (κ2) is 7.65. The van der Waals surface area contributed by atoms with Gasteiger partial charge in [0.25, 0.3) is 0 Å². The Bertz CT molecular complexity index is 179. The molecule has 2 atom stereocenters. The maximum Gasteiger partial charge on any atom is 0.220 e. The number of amides is 1. The average molecular weight is 215 g/mol.